The lowest BCUT2D eigenvalue weighted by atomic mass is 10.0. The zero-order valence-corrected chi connectivity index (χ0v) is 17.2. The number of nitrogens with one attached hydrogen (secondary N) is 1. The van der Waals surface area contributed by atoms with Crippen molar-refractivity contribution in [3.05, 3.63) is 84.3 Å². The van der Waals surface area contributed by atoms with Gasteiger partial charge >= 0.3 is 0 Å². The molecule has 0 saturated carbocycles. The Labute approximate surface area is 179 Å². The topological polar surface area (TPSA) is 89.6 Å². The van der Waals surface area contributed by atoms with Crippen LogP contribution in [-0.4, -0.2) is 25.1 Å². The first-order valence-electron chi connectivity index (χ1n) is 9.97. The van der Waals surface area contributed by atoms with Gasteiger partial charge in [-0.3, -0.25) is 9.97 Å². The zero-order chi connectivity index (χ0) is 21.2. The number of hydrogen-bond acceptors (Lipinski definition) is 7. The molecule has 0 aliphatic rings. The molecule has 4 heterocycles. The highest BCUT2D eigenvalue weighted by Crippen LogP contribution is 2.25. The summed E-state index contributed by atoms with van der Waals surface area (Å²) in [4.78, 5) is 13.2. The monoisotopic (exact) mass is 408 g/mol. The van der Waals surface area contributed by atoms with E-state index in [1.54, 1.807) is 19.3 Å². The number of anilines is 1. The van der Waals surface area contributed by atoms with Gasteiger partial charge < -0.3 is 9.73 Å². The van der Waals surface area contributed by atoms with Crippen molar-refractivity contribution in [1.29, 1.82) is 0 Å². The second kappa shape index (κ2) is 7.95. The van der Waals surface area contributed by atoms with Crippen molar-refractivity contribution in [3.63, 3.8) is 0 Å². The number of rotatable bonds is 5. The van der Waals surface area contributed by atoms with Gasteiger partial charge in [-0.2, -0.15) is 0 Å². The fourth-order valence-electron chi connectivity index (χ4n) is 3.45. The zero-order valence-electron chi connectivity index (χ0n) is 17.2. The van der Waals surface area contributed by atoms with Crippen molar-refractivity contribution in [2.75, 3.05) is 5.32 Å². The van der Waals surface area contributed by atoms with Crippen LogP contribution in [0.1, 0.15) is 17.1 Å². The van der Waals surface area contributed by atoms with Crippen molar-refractivity contribution in [2.24, 2.45) is 0 Å². The van der Waals surface area contributed by atoms with Crippen LogP contribution in [0, 0.1) is 13.8 Å². The summed E-state index contributed by atoms with van der Waals surface area (Å²) in [5, 5.41) is 13.3. The largest absolute Gasteiger partial charge is 0.420 e. The van der Waals surface area contributed by atoms with Crippen LogP contribution in [0.15, 0.2) is 71.5 Å². The minimum atomic E-state index is 0.412. The molecular weight excluding hydrogens is 388 g/mol. The van der Waals surface area contributed by atoms with Gasteiger partial charge in [0.05, 0.1) is 0 Å². The lowest BCUT2D eigenvalue weighted by molar-refractivity contribution is 0.531. The molecule has 31 heavy (non-hydrogen) atoms. The van der Waals surface area contributed by atoms with Gasteiger partial charge in [0, 0.05) is 43.1 Å². The summed E-state index contributed by atoms with van der Waals surface area (Å²) in [7, 11) is 0. The van der Waals surface area contributed by atoms with Gasteiger partial charge in [-0.1, -0.05) is 24.3 Å². The molecule has 4 aromatic heterocycles. The summed E-state index contributed by atoms with van der Waals surface area (Å²) in [6.07, 6.45) is 5.40. The van der Waals surface area contributed by atoms with Crippen LogP contribution in [0.4, 0.5) is 5.82 Å². The summed E-state index contributed by atoms with van der Waals surface area (Å²) >= 11 is 0. The average molecular weight is 408 g/mol. The predicted octanol–water partition coefficient (Wildman–Crippen LogP) is 4.97. The number of benzene rings is 1. The Morgan fingerprint density at radius 3 is 2.45 bits per heavy atom. The summed E-state index contributed by atoms with van der Waals surface area (Å²) in [6, 6.07) is 16.5. The Hall–Kier alpha value is -4.13. The van der Waals surface area contributed by atoms with Crippen molar-refractivity contribution in [3.8, 4) is 22.7 Å². The summed E-state index contributed by atoms with van der Waals surface area (Å²) in [5.74, 6) is 1.71. The van der Waals surface area contributed by atoms with Crippen LogP contribution in [-0.2, 0) is 6.54 Å². The fraction of sp³-hybridized carbons (Fsp3) is 0.125. The molecule has 0 radical (unpaired) electrons. The third kappa shape index (κ3) is 3.98. The lowest BCUT2D eigenvalue weighted by Crippen LogP contribution is -2.02. The van der Waals surface area contributed by atoms with Gasteiger partial charge in [-0.25, -0.2) is 4.98 Å². The van der Waals surface area contributed by atoms with Gasteiger partial charge in [0.15, 0.2) is 0 Å². The van der Waals surface area contributed by atoms with Crippen molar-refractivity contribution >= 4 is 16.6 Å². The number of fused-ring (bicyclic) bond motifs is 1. The molecule has 0 atom stereocenters. The Morgan fingerprint density at radius 2 is 1.68 bits per heavy atom. The molecule has 0 aliphatic heterocycles. The first kappa shape index (κ1) is 18.9. The van der Waals surface area contributed by atoms with Crippen molar-refractivity contribution in [2.45, 2.75) is 20.4 Å². The van der Waals surface area contributed by atoms with E-state index in [-0.39, 0.29) is 0 Å². The summed E-state index contributed by atoms with van der Waals surface area (Å²) < 4.78 is 5.48. The smallest absolute Gasteiger partial charge is 0.266 e. The van der Waals surface area contributed by atoms with E-state index < -0.39 is 0 Å². The van der Waals surface area contributed by atoms with Gasteiger partial charge in [0.1, 0.15) is 11.5 Å². The molecule has 0 amide bonds. The molecule has 1 N–H and O–H groups in total. The second-order valence-corrected chi connectivity index (χ2v) is 7.31. The SMILES string of the molecule is Cc1cc(-c2ccc(CNc3nccc4cc(-c5nnc(C)o5)ncc34)cc2)ccn1. The Morgan fingerprint density at radius 1 is 0.839 bits per heavy atom. The highest BCUT2D eigenvalue weighted by atomic mass is 16.4. The van der Waals surface area contributed by atoms with E-state index in [9.17, 15) is 0 Å². The van der Waals surface area contributed by atoms with Crippen molar-refractivity contribution < 1.29 is 4.42 Å². The van der Waals surface area contributed by atoms with E-state index in [1.165, 1.54) is 16.7 Å². The maximum Gasteiger partial charge on any atom is 0.266 e. The van der Waals surface area contributed by atoms with Crippen LogP contribution in [0.5, 0.6) is 0 Å². The lowest BCUT2D eigenvalue weighted by Gasteiger charge is -2.10. The third-order valence-electron chi connectivity index (χ3n) is 5.04. The molecule has 5 rings (SSSR count). The minimum absolute atomic E-state index is 0.412. The first-order chi connectivity index (χ1) is 15.2. The van der Waals surface area contributed by atoms with E-state index in [0.29, 0.717) is 24.0 Å². The van der Waals surface area contributed by atoms with Crippen LogP contribution >= 0.6 is 0 Å². The summed E-state index contributed by atoms with van der Waals surface area (Å²) in [5.41, 5.74) is 5.16. The average Bonchev–Trinajstić information content (AvgIpc) is 3.24. The van der Waals surface area contributed by atoms with E-state index in [2.05, 4.69) is 60.8 Å². The van der Waals surface area contributed by atoms with Crippen LogP contribution in [0.25, 0.3) is 33.5 Å². The fourth-order valence-corrected chi connectivity index (χ4v) is 3.45. The van der Waals surface area contributed by atoms with Crippen molar-refractivity contribution in [1.82, 2.24) is 25.1 Å². The van der Waals surface area contributed by atoms with Crippen LogP contribution < -0.4 is 5.32 Å². The minimum Gasteiger partial charge on any atom is -0.420 e. The number of hydrogen-bond donors (Lipinski definition) is 1. The van der Waals surface area contributed by atoms with E-state index >= 15 is 0 Å². The van der Waals surface area contributed by atoms with E-state index in [0.717, 1.165) is 22.3 Å². The van der Waals surface area contributed by atoms with Gasteiger partial charge in [-0.05, 0) is 53.3 Å². The molecule has 0 fully saturated rings. The predicted molar refractivity (Wildman–Crippen MR) is 119 cm³/mol. The number of nitrogens with zero attached hydrogens (tertiary/aromatic N) is 5. The molecule has 0 saturated heterocycles. The molecular formula is C24H20N6O. The van der Waals surface area contributed by atoms with E-state index in [1.807, 2.05) is 31.3 Å². The number of aryl methyl sites for hydroxylation is 2. The third-order valence-corrected chi connectivity index (χ3v) is 5.04. The summed E-state index contributed by atoms with van der Waals surface area (Å²) in [6.45, 7) is 4.42. The van der Waals surface area contributed by atoms with E-state index in [4.69, 9.17) is 4.42 Å². The van der Waals surface area contributed by atoms with Gasteiger partial charge in [0.25, 0.3) is 5.89 Å². The van der Waals surface area contributed by atoms with Gasteiger partial charge in [0.2, 0.25) is 5.89 Å². The molecule has 0 spiro atoms. The van der Waals surface area contributed by atoms with Crippen LogP contribution in [0.2, 0.25) is 0 Å². The standard InChI is InChI=1S/C24H20N6O/c1-15-11-19(7-9-25-15)18-5-3-17(4-6-18)13-28-23-21-14-27-22(12-20(21)8-10-26-23)24-30-29-16(2)31-24/h3-12,14H,13H2,1-2H3,(H,26,28). The molecule has 7 nitrogen and oxygen atoms in total. The Kier molecular flexibility index (Phi) is 4.84. The first-order valence-corrected chi connectivity index (χ1v) is 9.97. The molecule has 0 unspecified atom stereocenters. The van der Waals surface area contributed by atoms with Crippen LogP contribution in [0.3, 0.4) is 0 Å². The normalized spacial score (nSPS) is 11.0. The number of pyridine rings is 3. The molecule has 0 bridgehead atoms. The Balaban J connectivity index is 1.34. The maximum atomic E-state index is 5.48. The second-order valence-electron chi connectivity index (χ2n) is 7.31. The number of aromatic nitrogens is 5. The molecule has 0 aliphatic carbocycles. The Bertz CT molecular complexity index is 1360. The quantitative estimate of drug-likeness (QED) is 0.439. The highest BCUT2D eigenvalue weighted by Gasteiger charge is 2.10. The van der Waals surface area contributed by atoms with Gasteiger partial charge in [-0.15, -0.1) is 10.2 Å². The highest BCUT2D eigenvalue weighted by molar-refractivity contribution is 5.92. The maximum absolute atomic E-state index is 5.48. The molecule has 7 heteroatoms. The molecule has 5 aromatic rings. The molecule has 152 valence electrons. The molecule has 1 aromatic carbocycles.